The zero-order valence-corrected chi connectivity index (χ0v) is 18.5. The largest absolute Gasteiger partial charge is 0.486 e. The van der Waals surface area contributed by atoms with Crippen LogP contribution in [0.1, 0.15) is 17.1 Å². The molecule has 0 amide bonds. The summed E-state index contributed by atoms with van der Waals surface area (Å²) >= 11 is 1.24. The summed E-state index contributed by atoms with van der Waals surface area (Å²) in [7, 11) is -3.65. The molecule has 7 nitrogen and oxygen atoms in total. The van der Waals surface area contributed by atoms with Crippen LogP contribution in [0.15, 0.2) is 41.8 Å². The van der Waals surface area contributed by atoms with Crippen molar-refractivity contribution >= 4 is 27.3 Å². The Balaban J connectivity index is 1.40. The number of nitrogens with zero attached hydrogens (tertiary/aromatic N) is 2. The number of rotatable bonds is 7. The summed E-state index contributed by atoms with van der Waals surface area (Å²) in [6, 6.07) is 6.26. The Morgan fingerprint density at radius 3 is 2.55 bits per heavy atom. The topological polar surface area (TPSA) is 96.8 Å². The van der Waals surface area contributed by atoms with Crippen molar-refractivity contribution in [1.82, 2.24) is 9.29 Å². The first kappa shape index (κ1) is 23.2. The van der Waals surface area contributed by atoms with Crippen molar-refractivity contribution in [3.8, 4) is 16.9 Å². The Hall–Kier alpha value is -2.96. The maximum absolute atomic E-state index is 13.9. The van der Waals surface area contributed by atoms with E-state index in [9.17, 15) is 31.5 Å². The summed E-state index contributed by atoms with van der Waals surface area (Å²) in [5.41, 5.74) is 0.677. The highest BCUT2D eigenvalue weighted by atomic mass is 32.2. The van der Waals surface area contributed by atoms with E-state index in [-0.39, 0.29) is 30.9 Å². The highest BCUT2D eigenvalue weighted by Gasteiger charge is 2.41. The molecule has 0 saturated carbocycles. The minimum Gasteiger partial charge on any atom is -0.486 e. The molecule has 174 valence electrons. The monoisotopic (exact) mass is 498 g/mol. The van der Waals surface area contributed by atoms with E-state index in [2.05, 4.69) is 4.98 Å². The van der Waals surface area contributed by atoms with Gasteiger partial charge in [-0.05, 0) is 30.2 Å². The van der Waals surface area contributed by atoms with Gasteiger partial charge in [-0.25, -0.2) is 26.6 Å². The number of hydrogen-bond donors (Lipinski definition) is 1. The molecule has 1 aromatic heterocycles. The highest BCUT2D eigenvalue weighted by Crippen LogP contribution is 2.28. The Morgan fingerprint density at radius 1 is 1.15 bits per heavy atom. The van der Waals surface area contributed by atoms with Gasteiger partial charge >= 0.3 is 5.97 Å². The maximum atomic E-state index is 13.9. The number of carboxylic acids is 1. The number of aromatic nitrogens is 1. The molecule has 1 saturated heterocycles. The van der Waals surface area contributed by atoms with Gasteiger partial charge in [0.1, 0.15) is 29.2 Å². The number of aliphatic carboxylic acids is 1. The fourth-order valence-electron chi connectivity index (χ4n) is 3.44. The van der Waals surface area contributed by atoms with Crippen molar-refractivity contribution in [3.05, 3.63) is 69.9 Å². The van der Waals surface area contributed by atoms with E-state index in [0.717, 1.165) is 10.4 Å². The van der Waals surface area contributed by atoms with Crippen LogP contribution >= 0.6 is 11.3 Å². The quantitative estimate of drug-likeness (QED) is 0.498. The first-order valence-electron chi connectivity index (χ1n) is 9.67. The van der Waals surface area contributed by atoms with Crippen molar-refractivity contribution in [3.63, 3.8) is 0 Å². The van der Waals surface area contributed by atoms with E-state index in [4.69, 9.17) is 4.74 Å². The molecule has 12 heteroatoms. The van der Waals surface area contributed by atoms with Crippen molar-refractivity contribution in [2.75, 3.05) is 5.75 Å². The van der Waals surface area contributed by atoms with Gasteiger partial charge in [0, 0.05) is 17.0 Å². The third-order valence-electron chi connectivity index (χ3n) is 5.09. The number of carboxylic acid groups (broad SMARTS) is 1. The molecular weight excluding hydrogens is 481 g/mol. The van der Waals surface area contributed by atoms with Gasteiger partial charge < -0.3 is 9.84 Å². The molecule has 1 fully saturated rings. The standard InChI is InChI=1S/C21H17F3N2O5S2/c22-16-8-18(24)17(23)7-15(16)12-1-3-14(4-2-12)31-10-20-25-13(11-32-20)9-26-19(21(27)28)5-6-33(26,29)30/h1-4,7-8,11,19H,5-6,9-10H2,(H,27,28). The Morgan fingerprint density at radius 2 is 1.85 bits per heavy atom. The molecule has 2 heterocycles. The van der Waals surface area contributed by atoms with E-state index >= 15 is 0 Å². The van der Waals surface area contributed by atoms with E-state index in [1.54, 1.807) is 17.5 Å². The van der Waals surface area contributed by atoms with E-state index in [1.807, 2.05) is 0 Å². The smallest absolute Gasteiger partial charge is 0.322 e. The molecule has 0 radical (unpaired) electrons. The van der Waals surface area contributed by atoms with Crippen molar-refractivity contribution in [1.29, 1.82) is 0 Å². The molecular formula is C21H17F3N2O5S2. The van der Waals surface area contributed by atoms with Gasteiger partial charge in [0.05, 0.1) is 18.0 Å². The number of thiazole rings is 1. The van der Waals surface area contributed by atoms with Crippen LogP contribution in [0.3, 0.4) is 0 Å². The predicted molar refractivity (Wildman–Crippen MR) is 114 cm³/mol. The van der Waals surface area contributed by atoms with Crippen LogP contribution in [0.4, 0.5) is 13.2 Å². The fraction of sp³-hybridized carbons (Fsp3) is 0.238. The first-order valence-corrected chi connectivity index (χ1v) is 12.2. The third-order valence-corrected chi connectivity index (χ3v) is 7.81. The van der Waals surface area contributed by atoms with Crippen LogP contribution < -0.4 is 4.74 Å². The molecule has 0 bridgehead atoms. The van der Waals surface area contributed by atoms with Gasteiger partial charge in [-0.2, -0.15) is 4.31 Å². The first-order chi connectivity index (χ1) is 15.6. The Bertz CT molecular complexity index is 1300. The van der Waals surface area contributed by atoms with Crippen molar-refractivity contribution in [2.24, 2.45) is 0 Å². The van der Waals surface area contributed by atoms with Gasteiger partial charge in [-0.3, -0.25) is 4.79 Å². The SMILES string of the molecule is O=C(O)C1CCS(=O)(=O)N1Cc1csc(COc2ccc(-c3cc(F)c(F)cc3F)cc2)n1. The number of carbonyl (C=O) groups is 1. The molecule has 3 aromatic rings. The number of sulfonamides is 1. The molecule has 1 N–H and O–H groups in total. The number of benzene rings is 2. The molecule has 1 aliphatic heterocycles. The second-order valence-electron chi connectivity index (χ2n) is 7.30. The normalized spacial score (nSPS) is 17.8. The van der Waals surface area contributed by atoms with Gasteiger partial charge in [0.25, 0.3) is 0 Å². The average Bonchev–Trinajstić information content (AvgIpc) is 3.34. The minimum atomic E-state index is -3.65. The summed E-state index contributed by atoms with van der Waals surface area (Å²) in [5.74, 6) is -4.28. The van der Waals surface area contributed by atoms with Gasteiger partial charge in [-0.15, -0.1) is 11.3 Å². The number of hydrogen-bond acceptors (Lipinski definition) is 6. The molecule has 1 atom stereocenters. The van der Waals surface area contributed by atoms with Crippen LogP contribution in [0.25, 0.3) is 11.1 Å². The van der Waals surface area contributed by atoms with Crippen LogP contribution in [0, 0.1) is 17.5 Å². The zero-order valence-electron chi connectivity index (χ0n) is 16.9. The number of ether oxygens (including phenoxy) is 1. The lowest BCUT2D eigenvalue weighted by Crippen LogP contribution is -2.38. The molecule has 4 rings (SSSR count). The average molecular weight is 499 g/mol. The third kappa shape index (κ3) is 5.02. The second-order valence-corrected chi connectivity index (χ2v) is 10.3. The lowest BCUT2D eigenvalue weighted by atomic mass is 10.0. The summed E-state index contributed by atoms with van der Waals surface area (Å²) < 4.78 is 71.3. The van der Waals surface area contributed by atoms with Gasteiger partial charge in [0.15, 0.2) is 11.6 Å². The van der Waals surface area contributed by atoms with Gasteiger partial charge in [-0.1, -0.05) is 12.1 Å². The zero-order chi connectivity index (χ0) is 23.8. The van der Waals surface area contributed by atoms with Gasteiger partial charge in [0.2, 0.25) is 10.0 Å². The number of halogens is 3. The Kier molecular flexibility index (Phi) is 6.41. The van der Waals surface area contributed by atoms with Crippen LogP contribution in [-0.2, 0) is 28.0 Å². The molecule has 33 heavy (non-hydrogen) atoms. The second kappa shape index (κ2) is 9.12. The fourth-order valence-corrected chi connectivity index (χ4v) is 5.80. The molecule has 0 aliphatic carbocycles. The van der Waals surface area contributed by atoms with E-state index in [0.29, 0.717) is 28.1 Å². The molecule has 2 aromatic carbocycles. The predicted octanol–water partition coefficient (Wildman–Crippen LogP) is 3.80. The maximum Gasteiger partial charge on any atom is 0.322 e. The Labute approximate surface area is 191 Å². The summed E-state index contributed by atoms with van der Waals surface area (Å²) in [5, 5.41) is 11.4. The van der Waals surface area contributed by atoms with Crippen LogP contribution in [0.5, 0.6) is 5.75 Å². The van der Waals surface area contributed by atoms with Crippen molar-refractivity contribution < 1.29 is 36.2 Å². The molecule has 0 spiro atoms. The summed E-state index contributed by atoms with van der Waals surface area (Å²) in [6.45, 7) is -0.0665. The lowest BCUT2D eigenvalue weighted by Gasteiger charge is -2.18. The van der Waals surface area contributed by atoms with Crippen LogP contribution in [0.2, 0.25) is 0 Å². The summed E-state index contributed by atoms with van der Waals surface area (Å²) in [4.78, 5) is 15.6. The van der Waals surface area contributed by atoms with E-state index in [1.165, 1.54) is 23.5 Å². The highest BCUT2D eigenvalue weighted by molar-refractivity contribution is 7.89. The molecule has 1 unspecified atom stereocenters. The van der Waals surface area contributed by atoms with E-state index < -0.39 is 39.5 Å². The minimum absolute atomic E-state index is 0.0300. The van der Waals surface area contributed by atoms with Crippen molar-refractivity contribution in [2.45, 2.75) is 25.6 Å². The molecule has 1 aliphatic rings. The lowest BCUT2D eigenvalue weighted by molar-refractivity contribution is -0.141. The van der Waals surface area contributed by atoms with Crippen LogP contribution in [-0.4, -0.2) is 40.6 Å². The summed E-state index contributed by atoms with van der Waals surface area (Å²) in [6.07, 6.45) is 0.0300.